The Hall–Kier alpha value is -1.75. The molecule has 2 fully saturated rings. The minimum Gasteiger partial charge on any atom is -0.497 e. The van der Waals surface area contributed by atoms with Crippen LogP contribution in [0.5, 0.6) is 5.75 Å². The molecule has 1 heterocycles. The molecule has 26 heavy (non-hydrogen) atoms. The van der Waals surface area contributed by atoms with Gasteiger partial charge < -0.3 is 19.9 Å². The average Bonchev–Trinajstić information content (AvgIpc) is 2.69. The summed E-state index contributed by atoms with van der Waals surface area (Å²) in [6, 6.07) is 8.65. The van der Waals surface area contributed by atoms with Crippen molar-refractivity contribution < 1.29 is 14.4 Å². The first kappa shape index (κ1) is 19.0. The van der Waals surface area contributed by atoms with Crippen LogP contribution < -0.4 is 19.9 Å². The van der Waals surface area contributed by atoms with Gasteiger partial charge in [-0.05, 0) is 49.9 Å². The van der Waals surface area contributed by atoms with Crippen molar-refractivity contribution in [2.75, 3.05) is 38.2 Å². The number of carbonyl (C=O) groups excluding carboxylic acids is 1. The summed E-state index contributed by atoms with van der Waals surface area (Å²) in [6.45, 7) is 8.33. The highest BCUT2D eigenvalue weighted by Gasteiger charge is 2.31. The largest absolute Gasteiger partial charge is 0.497 e. The Kier molecular flexibility index (Phi) is 6.41. The van der Waals surface area contributed by atoms with E-state index in [0.717, 1.165) is 38.3 Å². The second-order valence-electron chi connectivity index (χ2n) is 7.94. The first-order valence-corrected chi connectivity index (χ1v) is 10.1. The van der Waals surface area contributed by atoms with Gasteiger partial charge in [-0.2, -0.15) is 0 Å². The summed E-state index contributed by atoms with van der Waals surface area (Å²) < 4.78 is 5.23. The summed E-state index contributed by atoms with van der Waals surface area (Å²) in [5.74, 6) is 1.73. The Morgan fingerprint density at radius 1 is 1.19 bits per heavy atom. The van der Waals surface area contributed by atoms with Crippen LogP contribution in [-0.2, 0) is 4.79 Å². The molecule has 1 aliphatic carbocycles. The van der Waals surface area contributed by atoms with Gasteiger partial charge in [0.1, 0.15) is 5.75 Å². The van der Waals surface area contributed by atoms with E-state index in [1.165, 1.54) is 29.8 Å². The zero-order valence-corrected chi connectivity index (χ0v) is 16.5. The number of amides is 1. The molecular formula is C21H34N3O2+. The number of rotatable bonds is 5. The molecule has 1 amide bonds. The molecule has 0 radical (unpaired) electrons. The maximum atomic E-state index is 12.7. The normalized spacial score (nSPS) is 25.6. The first-order chi connectivity index (χ1) is 12.6. The molecule has 5 heteroatoms. The minimum atomic E-state index is 0.0298. The van der Waals surface area contributed by atoms with Crippen molar-refractivity contribution in [3.05, 3.63) is 24.3 Å². The molecule has 0 bridgehead atoms. The third-order valence-corrected chi connectivity index (χ3v) is 6.29. The number of ether oxygens (including phenoxy) is 1. The molecule has 1 aromatic carbocycles. The lowest BCUT2D eigenvalue weighted by Crippen LogP contribution is -3.19. The number of methoxy groups -OCH3 is 1. The van der Waals surface area contributed by atoms with Crippen molar-refractivity contribution in [3.8, 4) is 5.75 Å². The highest BCUT2D eigenvalue weighted by Crippen LogP contribution is 2.23. The van der Waals surface area contributed by atoms with Gasteiger partial charge >= 0.3 is 0 Å². The van der Waals surface area contributed by atoms with E-state index in [9.17, 15) is 4.79 Å². The van der Waals surface area contributed by atoms with Crippen molar-refractivity contribution >= 4 is 11.6 Å². The van der Waals surface area contributed by atoms with E-state index in [0.29, 0.717) is 12.0 Å². The Morgan fingerprint density at radius 2 is 1.85 bits per heavy atom. The number of piperazine rings is 1. The second kappa shape index (κ2) is 8.76. The van der Waals surface area contributed by atoms with Gasteiger partial charge in [-0.15, -0.1) is 0 Å². The lowest BCUT2D eigenvalue weighted by molar-refractivity contribution is -0.914. The van der Waals surface area contributed by atoms with Crippen LogP contribution in [0.3, 0.4) is 0 Å². The topological polar surface area (TPSA) is 46.0 Å². The Balaban J connectivity index is 1.49. The average molecular weight is 361 g/mol. The summed E-state index contributed by atoms with van der Waals surface area (Å²) in [5.41, 5.74) is 1.23. The molecule has 144 valence electrons. The quantitative estimate of drug-likeness (QED) is 0.836. The predicted octanol–water partition coefficient (Wildman–Crippen LogP) is 1.48. The molecule has 1 saturated heterocycles. The standard InChI is InChI=1S/C21H33N3O2/c1-16-6-4-5-7-20(16)22-21(25)17(2)23-12-14-24(15-13-23)18-8-10-19(26-3)11-9-18/h8-11,16-17,20H,4-7,12-15H2,1-3H3,(H,22,25)/p+1/t16-,17-,20+/m1/s1. The van der Waals surface area contributed by atoms with E-state index in [-0.39, 0.29) is 11.9 Å². The van der Waals surface area contributed by atoms with Gasteiger partial charge in [-0.3, -0.25) is 4.79 Å². The molecule has 1 saturated carbocycles. The number of quaternary nitrogens is 1. The van der Waals surface area contributed by atoms with Gasteiger partial charge in [0.05, 0.1) is 33.3 Å². The third kappa shape index (κ3) is 4.50. The van der Waals surface area contributed by atoms with E-state index in [1.54, 1.807) is 7.11 Å². The van der Waals surface area contributed by atoms with Crippen LogP contribution in [0.1, 0.15) is 39.5 Å². The first-order valence-electron chi connectivity index (χ1n) is 10.1. The molecule has 5 nitrogen and oxygen atoms in total. The van der Waals surface area contributed by atoms with Crippen LogP contribution in [0.15, 0.2) is 24.3 Å². The smallest absolute Gasteiger partial charge is 0.278 e. The van der Waals surface area contributed by atoms with Gasteiger partial charge in [-0.1, -0.05) is 19.8 Å². The number of carbonyl (C=O) groups is 1. The summed E-state index contributed by atoms with van der Waals surface area (Å²) in [6.07, 6.45) is 4.94. The molecule has 0 aromatic heterocycles. The fraction of sp³-hybridized carbons (Fsp3) is 0.667. The molecule has 3 atom stereocenters. The van der Waals surface area contributed by atoms with Crippen molar-refractivity contribution in [3.63, 3.8) is 0 Å². The summed E-state index contributed by atoms with van der Waals surface area (Å²) in [5, 5.41) is 3.33. The van der Waals surface area contributed by atoms with Gasteiger partial charge in [0, 0.05) is 11.7 Å². The van der Waals surface area contributed by atoms with Crippen LogP contribution in [0.4, 0.5) is 5.69 Å². The fourth-order valence-corrected chi connectivity index (χ4v) is 4.30. The summed E-state index contributed by atoms with van der Waals surface area (Å²) in [4.78, 5) is 16.5. The van der Waals surface area contributed by atoms with Crippen LogP contribution in [0, 0.1) is 5.92 Å². The van der Waals surface area contributed by atoms with Crippen LogP contribution in [0.25, 0.3) is 0 Å². The predicted molar refractivity (Wildman–Crippen MR) is 105 cm³/mol. The lowest BCUT2D eigenvalue weighted by Gasteiger charge is -2.37. The van der Waals surface area contributed by atoms with Crippen molar-refractivity contribution in [1.82, 2.24) is 5.32 Å². The van der Waals surface area contributed by atoms with Gasteiger partial charge in [0.25, 0.3) is 5.91 Å². The van der Waals surface area contributed by atoms with Crippen LogP contribution in [0.2, 0.25) is 0 Å². The monoisotopic (exact) mass is 360 g/mol. The Morgan fingerprint density at radius 3 is 2.46 bits per heavy atom. The van der Waals surface area contributed by atoms with Crippen molar-refractivity contribution in [2.24, 2.45) is 5.92 Å². The van der Waals surface area contributed by atoms with Crippen LogP contribution >= 0.6 is 0 Å². The zero-order valence-electron chi connectivity index (χ0n) is 16.5. The zero-order chi connectivity index (χ0) is 18.5. The summed E-state index contributed by atoms with van der Waals surface area (Å²) >= 11 is 0. The number of hydrogen-bond acceptors (Lipinski definition) is 3. The highest BCUT2D eigenvalue weighted by atomic mass is 16.5. The maximum absolute atomic E-state index is 12.7. The third-order valence-electron chi connectivity index (χ3n) is 6.29. The van der Waals surface area contributed by atoms with Gasteiger partial charge in [0.15, 0.2) is 6.04 Å². The number of hydrogen-bond donors (Lipinski definition) is 2. The summed E-state index contributed by atoms with van der Waals surface area (Å²) in [7, 11) is 1.69. The van der Waals surface area contributed by atoms with E-state index >= 15 is 0 Å². The fourth-order valence-electron chi connectivity index (χ4n) is 4.30. The molecule has 2 aliphatic rings. The van der Waals surface area contributed by atoms with E-state index < -0.39 is 0 Å². The minimum absolute atomic E-state index is 0.0298. The molecule has 2 N–H and O–H groups in total. The maximum Gasteiger partial charge on any atom is 0.278 e. The van der Waals surface area contributed by atoms with Crippen molar-refractivity contribution in [2.45, 2.75) is 51.6 Å². The van der Waals surface area contributed by atoms with E-state index in [2.05, 4.69) is 36.2 Å². The van der Waals surface area contributed by atoms with Gasteiger partial charge in [0.2, 0.25) is 0 Å². The number of nitrogens with zero attached hydrogens (tertiary/aromatic N) is 1. The number of benzene rings is 1. The number of anilines is 1. The number of nitrogens with one attached hydrogen (secondary N) is 2. The SMILES string of the molecule is COc1ccc(N2CC[NH+]([C@H](C)C(=O)N[C@H]3CCCC[C@H]3C)CC2)cc1. The van der Waals surface area contributed by atoms with Crippen molar-refractivity contribution in [1.29, 1.82) is 0 Å². The van der Waals surface area contributed by atoms with E-state index in [1.807, 2.05) is 12.1 Å². The Bertz CT molecular complexity index is 581. The Labute approximate surface area is 157 Å². The van der Waals surface area contributed by atoms with E-state index in [4.69, 9.17) is 4.74 Å². The van der Waals surface area contributed by atoms with Crippen LogP contribution in [-0.4, -0.2) is 51.3 Å². The van der Waals surface area contributed by atoms with Gasteiger partial charge in [-0.25, -0.2) is 0 Å². The lowest BCUT2D eigenvalue weighted by atomic mass is 9.86. The molecule has 1 aromatic rings. The molecular weight excluding hydrogens is 326 g/mol. The highest BCUT2D eigenvalue weighted by molar-refractivity contribution is 5.80. The molecule has 1 aliphatic heterocycles. The molecule has 0 spiro atoms. The second-order valence-corrected chi connectivity index (χ2v) is 7.94. The molecule has 0 unspecified atom stereocenters. The molecule has 3 rings (SSSR count).